The van der Waals surface area contributed by atoms with Gasteiger partial charge in [-0.25, -0.2) is 4.68 Å². The van der Waals surface area contributed by atoms with Crippen molar-refractivity contribution in [3.63, 3.8) is 0 Å². The Morgan fingerprint density at radius 2 is 1.51 bits per heavy atom. The van der Waals surface area contributed by atoms with Crippen LogP contribution in [0.5, 0.6) is 0 Å². The molecule has 1 fully saturated rings. The Morgan fingerprint density at radius 1 is 0.865 bits per heavy atom. The van der Waals surface area contributed by atoms with Gasteiger partial charge >= 0.3 is 0 Å². The lowest BCUT2D eigenvalue weighted by atomic mass is 10.0. The number of hydrogen-bond acceptors (Lipinski definition) is 4. The zero-order chi connectivity index (χ0) is 27.3. The van der Waals surface area contributed by atoms with Gasteiger partial charge in [-0.2, -0.15) is 5.10 Å². The van der Waals surface area contributed by atoms with Crippen molar-refractivity contribution in [2.45, 2.75) is 60.8 Å². The molecule has 5 rings (SSSR count). The van der Waals surface area contributed by atoms with Crippen molar-refractivity contribution in [3.8, 4) is 5.69 Å². The molecule has 0 atom stereocenters. The number of aryl methyl sites for hydroxylation is 4. The van der Waals surface area contributed by atoms with Gasteiger partial charge in [-0.05, 0) is 75.9 Å². The summed E-state index contributed by atoms with van der Waals surface area (Å²) in [5.41, 5.74) is 12.8. The molecule has 0 bridgehead atoms. The summed E-state index contributed by atoms with van der Waals surface area (Å²) in [4.78, 5) is 38.2. The zero-order valence-corrected chi connectivity index (χ0v) is 22.7. The summed E-state index contributed by atoms with van der Waals surface area (Å²) in [7, 11) is 0. The summed E-state index contributed by atoms with van der Waals surface area (Å²) in [5, 5.41) is 4.75. The van der Waals surface area contributed by atoms with E-state index in [9.17, 15) is 9.59 Å². The summed E-state index contributed by atoms with van der Waals surface area (Å²) in [6, 6.07) is 12.2. The number of nitrogens with two attached hydrogens (primary N) is 1. The maximum absolute atomic E-state index is 13.7. The van der Waals surface area contributed by atoms with Crippen LogP contribution >= 0.6 is 0 Å². The van der Waals surface area contributed by atoms with Crippen LogP contribution in [0.3, 0.4) is 0 Å². The third-order valence-corrected chi connectivity index (χ3v) is 6.65. The third-order valence-electron chi connectivity index (χ3n) is 6.65. The Balaban J connectivity index is 0.000000711. The highest BCUT2D eigenvalue weighted by Crippen LogP contribution is 2.33. The highest BCUT2D eigenvalue weighted by atomic mass is 16.2. The molecule has 1 aromatic heterocycles. The Bertz CT molecular complexity index is 1310. The van der Waals surface area contributed by atoms with Crippen molar-refractivity contribution in [1.82, 2.24) is 9.78 Å². The van der Waals surface area contributed by atoms with Gasteiger partial charge in [-0.3, -0.25) is 14.4 Å². The SMILES string of the molecule is CC.Cc1ccc(-n2nc(C)c3c2C(=O)N(c2ccc(N4CCCC4=O)cc2C)CC3)c(C)c1.NC=O. The van der Waals surface area contributed by atoms with Gasteiger partial charge in [0.1, 0.15) is 5.69 Å². The minimum atomic E-state index is -0.0278. The maximum Gasteiger partial charge on any atom is 0.277 e. The summed E-state index contributed by atoms with van der Waals surface area (Å²) >= 11 is 0. The van der Waals surface area contributed by atoms with Crippen LogP contribution in [0.1, 0.15) is 65.1 Å². The van der Waals surface area contributed by atoms with Crippen LogP contribution in [-0.4, -0.2) is 41.1 Å². The summed E-state index contributed by atoms with van der Waals surface area (Å²) in [5.74, 6) is 0.142. The summed E-state index contributed by atoms with van der Waals surface area (Å²) < 4.78 is 1.82. The molecule has 2 aliphatic heterocycles. The minimum Gasteiger partial charge on any atom is -0.372 e. The number of carbonyl (C=O) groups is 3. The van der Waals surface area contributed by atoms with Crippen molar-refractivity contribution in [3.05, 3.63) is 70.0 Å². The Labute approximate surface area is 219 Å². The lowest BCUT2D eigenvalue weighted by Crippen LogP contribution is -2.39. The van der Waals surface area contributed by atoms with Crippen molar-refractivity contribution >= 4 is 29.6 Å². The molecule has 0 saturated carbocycles. The number of carbonyl (C=O) groups excluding carboxylic acids is 3. The van der Waals surface area contributed by atoms with E-state index in [1.807, 2.05) is 66.4 Å². The van der Waals surface area contributed by atoms with E-state index >= 15 is 0 Å². The maximum atomic E-state index is 13.7. The second kappa shape index (κ2) is 11.9. The van der Waals surface area contributed by atoms with Gasteiger partial charge in [-0.1, -0.05) is 31.5 Å². The standard InChI is InChI=1S/C26H28N4O2.C2H6.CH3NO/c1-16-7-9-23(17(2)14-16)30-25-21(19(4)27-30)11-13-29(26(25)32)22-10-8-20(15-18(22)3)28-12-5-6-24(28)31;1-2;2-1-3/h7-10,14-15H,5-6,11-13H2,1-4H3;1-2H3;1H,(H2,2,3). The first-order valence-electron chi connectivity index (χ1n) is 12.8. The molecular formula is C29H37N5O3. The van der Waals surface area contributed by atoms with Crippen LogP contribution in [0.15, 0.2) is 36.4 Å². The van der Waals surface area contributed by atoms with E-state index in [1.165, 1.54) is 5.56 Å². The average Bonchev–Trinajstić information content (AvgIpc) is 3.45. The predicted octanol–water partition coefficient (Wildman–Crippen LogP) is 4.56. The van der Waals surface area contributed by atoms with Gasteiger partial charge in [0, 0.05) is 36.4 Å². The van der Waals surface area contributed by atoms with Gasteiger partial charge in [-0.15, -0.1) is 0 Å². The molecule has 37 heavy (non-hydrogen) atoms. The molecule has 8 heteroatoms. The van der Waals surface area contributed by atoms with Crippen LogP contribution in [0, 0.1) is 27.7 Å². The lowest BCUT2D eigenvalue weighted by Gasteiger charge is -2.30. The molecule has 2 aliphatic rings. The second-order valence-corrected chi connectivity index (χ2v) is 9.08. The highest BCUT2D eigenvalue weighted by Gasteiger charge is 2.33. The fourth-order valence-electron chi connectivity index (χ4n) is 5.01. The molecule has 3 aromatic rings. The van der Waals surface area contributed by atoms with E-state index in [0.29, 0.717) is 18.7 Å². The number of primary amides is 1. The van der Waals surface area contributed by atoms with Gasteiger partial charge < -0.3 is 15.5 Å². The fraction of sp³-hybridized carbons (Fsp3) is 0.379. The second-order valence-electron chi connectivity index (χ2n) is 9.08. The molecule has 8 nitrogen and oxygen atoms in total. The number of rotatable bonds is 3. The van der Waals surface area contributed by atoms with E-state index in [2.05, 4.69) is 31.7 Å². The molecule has 3 amide bonds. The number of nitrogens with zero attached hydrogens (tertiary/aromatic N) is 4. The normalized spacial score (nSPS) is 14.4. The lowest BCUT2D eigenvalue weighted by molar-refractivity contribution is -0.117. The van der Waals surface area contributed by atoms with Gasteiger partial charge in [0.25, 0.3) is 5.91 Å². The first-order chi connectivity index (χ1) is 17.8. The van der Waals surface area contributed by atoms with Crippen LogP contribution < -0.4 is 15.5 Å². The molecule has 0 aliphatic carbocycles. The summed E-state index contributed by atoms with van der Waals surface area (Å²) in [6.45, 7) is 13.5. The molecule has 196 valence electrons. The first-order valence-corrected chi connectivity index (χ1v) is 12.8. The fourth-order valence-corrected chi connectivity index (χ4v) is 5.01. The van der Waals surface area contributed by atoms with Crippen LogP contribution in [0.4, 0.5) is 11.4 Å². The van der Waals surface area contributed by atoms with Crippen molar-refractivity contribution in [1.29, 1.82) is 0 Å². The van der Waals surface area contributed by atoms with E-state index in [4.69, 9.17) is 9.89 Å². The van der Waals surface area contributed by atoms with E-state index in [-0.39, 0.29) is 18.2 Å². The van der Waals surface area contributed by atoms with Crippen LogP contribution in [-0.2, 0) is 16.0 Å². The molecular weight excluding hydrogens is 466 g/mol. The topological polar surface area (TPSA) is 102 Å². The molecule has 2 N–H and O–H groups in total. The number of fused-ring (bicyclic) bond motifs is 1. The van der Waals surface area contributed by atoms with Crippen molar-refractivity contribution in [2.75, 3.05) is 22.9 Å². The highest BCUT2D eigenvalue weighted by molar-refractivity contribution is 6.08. The Hall–Kier alpha value is -3.94. The molecule has 0 unspecified atom stereocenters. The average molecular weight is 504 g/mol. The van der Waals surface area contributed by atoms with Crippen LogP contribution in [0.2, 0.25) is 0 Å². The monoisotopic (exact) mass is 503 g/mol. The van der Waals surface area contributed by atoms with Gasteiger partial charge in [0.15, 0.2) is 0 Å². The van der Waals surface area contributed by atoms with Crippen LogP contribution in [0.25, 0.3) is 5.69 Å². The third kappa shape index (κ3) is 5.43. The van der Waals surface area contributed by atoms with E-state index < -0.39 is 0 Å². The molecule has 1 saturated heterocycles. The first kappa shape index (κ1) is 27.6. The van der Waals surface area contributed by atoms with Gasteiger partial charge in [0.2, 0.25) is 12.3 Å². The minimum absolute atomic E-state index is 0.0278. The molecule has 2 aromatic carbocycles. The summed E-state index contributed by atoms with van der Waals surface area (Å²) in [6.07, 6.45) is 2.52. The number of amides is 3. The van der Waals surface area contributed by atoms with Crippen molar-refractivity contribution < 1.29 is 14.4 Å². The predicted molar refractivity (Wildman–Crippen MR) is 148 cm³/mol. The molecule has 3 heterocycles. The number of hydrogen-bond donors (Lipinski definition) is 1. The molecule has 0 radical (unpaired) electrons. The van der Waals surface area contributed by atoms with Gasteiger partial charge in [0.05, 0.1) is 11.4 Å². The quantitative estimate of drug-likeness (QED) is 0.529. The number of aromatic nitrogens is 2. The van der Waals surface area contributed by atoms with E-state index in [0.717, 1.165) is 58.8 Å². The number of benzene rings is 2. The van der Waals surface area contributed by atoms with Crippen molar-refractivity contribution in [2.24, 2.45) is 5.73 Å². The molecule has 0 spiro atoms. The van der Waals surface area contributed by atoms with E-state index in [1.54, 1.807) is 0 Å². The smallest absolute Gasteiger partial charge is 0.277 e. The Kier molecular flexibility index (Phi) is 8.86. The zero-order valence-electron chi connectivity index (χ0n) is 22.7. The number of anilines is 2. The largest absolute Gasteiger partial charge is 0.372 e. The Morgan fingerprint density at radius 3 is 2.11 bits per heavy atom.